The van der Waals surface area contributed by atoms with Gasteiger partial charge >= 0.3 is 0 Å². The molecular weight excluding hydrogens is 220 g/mol. The van der Waals surface area contributed by atoms with Gasteiger partial charge in [0.05, 0.1) is 0 Å². The molecule has 1 aliphatic heterocycles. The molecule has 0 aromatic heterocycles. The van der Waals surface area contributed by atoms with Crippen molar-refractivity contribution >= 4 is 10.8 Å². The Labute approximate surface area is 102 Å². The van der Waals surface area contributed by atoms with E-state index >= 15 is 0 Å². The largest absolute Gasteiger partial charge is 0.316 e. The molecule has 16 heavy (non-hydrogen) atoms. The molecule has 0 aliphatic carbocycles. The van der Waals surface area contributed by atoms with E-state index in [1.807, 2.05) is 0 Å². The van der Waals surface area contributed by atoms with E-state index in [2.05, 4.69) is 24.1 Å². The molecule has 0 aromatic carbocycles. The Morgan fingerprint density at radius 2 is 2.31 bits per heavy atom. The minimum absolute atomic E-state index is 0.574. The van der Waals surface area contributed by atoms with Crippen LogP contribution in [0.25, 0.3) is 0 Å². The number of hydrogen-bond donors (Lipinski definition) is 1. The molecule has 0 saturated carbocycles. The van der Waals surface area contributed by atoms with Gasteiger partial charge in [-0.15, -0.1) is 0 Å². The topological polar surface area (TPSA) is 32.3 Å². The first-order valence-corrected chi connectivity index (χ1v) is 8.07. The maximum atomic E-state index is 11.1. The Morgan fingerprint density at radius 1 is 1.56 bits per heavy atom. The molecule has 1 rings (SSSR count). The zero-order valence-corrected chi connectivity index (χ0v) is 11.7. The van der Waals surface area contributed by atoms with Gasteiger partial charge in [0.25, 0.3) is 0 Å². The van der Waals surface area contributed by atoms with Crippen molar-refractivity contribution in [3.05, 3.63) is 0 Å². The van der Waals surface area contributed by atoms with Gasteiger partial charge in [-0.25, -0.2) is 0 Å². The predicted octanol–water partition coefficient (Wildman–Crippen LogP) is 1.07. The smallest absolute Gasteiger partial charge is 0.0246 e. The fourth-order valence-electron chi connectivity index (χ4n) is 2.23. The highest BCUT2D eigenvalue weighted by atomic mass is 32.2. The zero-order valence-electron chi connectivity index (χ0n) is 10.9. The lowest BCUT2D eigenvalue weighted by Crippen LogP contribution is -2.43. The Hall–Kier alpha value is 0.0700. The molecule has 0 radical (unpaired) electrons. The Morgan fingerprint density at radius 3 is 3.00 bits per heavy atom. The summed E-state index contributed by atoms with van der Waals surface area (Å²) in [5.74, 6) is 1.56. The van der Waals surface area contributed by atoms with Crippen molar-refractivity contribution in [1.29, 1.82) is 0 Å². The molecule has 1 heterocycles. The average Bonchev–Trinajstić information content (AvgIpc) is 2.19. The quantitative estimate of drug-likeness (QED) is 0.805. The summed E-state index contributed by atoms with van der Waals surface area (Å²) < 4.78 is 11.1. The SMILES string of the molecule is CC1CNCCCN(C(C)CCS(C)=O)C1. The van der Waals surface area contributed by atoms with Crippen LogP contribution in [0, 0.1) is 5.92 Å². The van der Waals surface area contributed by atoms with Crippen molar-refractivity contribution in [2.75, 3.05) is 38.2 Å². The van der Waals surface area contributed by atoms with Crippen LogP contribution in [0.5, 0.6) is 0 Å². The van der Waals surface area contributed by atoms with Crippen LogP contribution in [0.1, 0.15) is 26.7 Å². The number of nitrogens with one attached hydrogen (secondary N) is 1. The van der Waals surface area contributed by atoms with E-state index in [4.69, 9.17) is 0 Å². The third kappa shape index (κ3) is 5.41. The third-order valence-electron chi connectivity index (χ3n) is 3.28. The molecular formula is C12H26N2OS. The molecule has 4 heteroatoms. The lowest BCUT2D eigenvalue weighted by Gasteiger charge is -2.33. The van der Waals surface area contributed by atoms with Crippen molar-refractivity contribution in [3.8, 4) is 0 Å². The third-order valence-corrected chi connectivity index (χ3v) is 4.09. The lowest BCUT2D eigenvalue weighted by molar-refractivity contribution is 0.163. The van der Waals surface area contributed by atoms with Crippen LogP contribution < -0.4 is 5.32 Å². The van der Waals surface area contributed by atoms with Crippen molar-refractivity contribution in [3.63, 3.8) is 0 Å². The van der Waals surface area contributed by atoms with E-state index in [0.29, 0.717) is 6.04 Å². The lowest BCUT2D eigenvalue weighted by atomic mass is 10.1. The highest BCUT2D eigenvalue weighted by Gasteiger charge is 2.18. The van der Waals surface area contributed by atoms with Crippen LogP contribution in [-0.4, -0.2) is 53.3 Å². The summed E-state index contributed by atoms with van der Waals surface area (Å²) in [6.07, 6.45) is 4.09. The number of nitrogens with zero attached hydrogens (tertiary/aromatic N) is 1. The summed E-state index contributed by atoms with van der Waals surface area (Å²) in [7, 11) is -0.646. The highest BCUT2D eigenvalue weighted by Crippen LogP contribution is 2.10. The summed E-state index contributed by atoms with van der Waals surface area (Å²) >= 11 is 0. The van der Waals surface area contributed by atoms with E-state index in [9.17, 15) is 4.21 Å². The standard InChI is InChI=1S/C12H26N2OS/c1-11-9-13-6-4-7-14(10-11)12(2)5-8-16(3)15/h11-13H,4-10H2,1-3H3. The van der Waals surface area contributed by atoms with Crippen LogP contribution in [0.3, 0.4) is 0 Å². The second-order valence-electron chi connectivity index (χ2n) is 5.07. The molecule has 3 nitrogen and oxygen atoms in total. The molecule has 96 valence electrons. The molecule has 3 atom stereocenters. The molecule has 1 aliphatic rings. The van der Waals surface area contributed by atoms with Gasteiger partial charge in [-0.2, -0.15) is 0 Å². The van der Waals surface area contributed by atoms with Crippen molar-refractivity contribution < 1.29 is 4.21 Å². The van der Waals surface area contributed by atoms with Crippen molar-refractivity contribution in [2.45, 2.75) is 32.7 Å². The van der Waals surface area contributed by atoms with Gasteiger partial charge in [-0.1, -0.05) is 6.92 Å². The minimum atomic E-state index is -0.646. The first-order valence-electron chi connectivity index (χ1n) is 6.34. The molecule has 3 unspecified atom stereocenters. The highest BCUT2D eigenvalue weighted by molar-refractivity contribution is 7.84. The fourth-order valence-corrected chi connectivity index (χ4v) is 2.90. The summed E-state index contributed by atoms with van der Waals surface area (Å²) in [6.45, 7) is 9.18. The van der Waals surface area contributed by atoms with E-state index in [1.165, 1.54) is 19.5 Å². The maximum absolute atomic E-state index is 11.1. The number of hydrogen-bond acceptors (Lipinski definition) is 3. The predicted molar refractivity (Wildman–Crippen MR) is 71.2 cm³/mol. The monoisotopic (exact) mass is 246 g/mol. The van der Waals surface area contributed by atoms with Gasteiger partial charge in [0.1, 0.15) is 0 Å². The van der Waals surface area contributed by atoms with Crippen molar-refractivity contribution in [1.82, 2.24) is 10.2 Å². The first-order chi connectivity index (χ1) is 7.59. The van der Waals surface area contributed by atoms with Crippen molar-refractivity contribution in [2.24, 2.45) is 5.92 Å². The summed E-state index contributed by atoms with van der Waals surface area (Å²) in [5, 5.41) is 3.47. The van der Waals surface area contributed by atoms with Gasteiger partial charge in [0.2, 0.25) is 0 Å². The fraction of sp³-hybridized carbons (Fsp3) is 1.00. The van der Waals surface area contributed by atoms with E-state index in [-0.39, 0.29) is 0 Å². The van der Waals surface area contributed by atoms with Gasteiger partial charge in [0.15, 0.2) is 0 Å². The van der Waals surface area contributed by atoms with Crippen LogP contribution in [-0.2, 0) is 10.8 Å². The minimum Gasteiger partial charge on any atom is -0.316 e. The average molecular weight is 246 g/mol. The first kappa shape index (κ1) is 14.1. The molecule has 0 spiro atoms. The Balaban J connectivity index is 2.38. The van der Waals surface area contributed by atoms with Gasteiger partial charge < -0.3 is 10.2 Å². The van der Waals surface area contributed by atoms with Crippen LogP contribution in [0.15, 0.2) is 0 Å². The molecule has 1 N–H and O–H groups in total. The second-order valence-corrected chi connectivity index (χ2v) is 6.63. The Kier molecular flexibility index (Phi) is 6.54. The maximum Gasteiger partial charge on any atom is 0.0246 e. The summed E-state index contributed by atoms with van der Waals surface area (Å²) in [5.41, 5.74) is 0. The summed E-state index contributed by atoms with van der Waals surface area (Å²) in [6, 6.07) is 0.574. The van der Waals surface area contributed by atoms with E-state index in [1.54, 1.807) is 6.26 Å². The van der Waals surface area contributed by atoms with Gasteiger partial charge in [0, 0.05) is 35.4 Å². The van der Waals surface area contributed by atoms with Crippen LogP contribution in [0.4, 0.5) is 0 Å². The summed E-state index contributed by atoms with van der Waals surface area (Å²) in [4.78, 5) is 2.57. The van der Waals surface area contributed by atoms with Crippen LogP contribution in [0.2, 0.25) is 0 Å². The normalized spacial score (nSPS) is 28.1. The molecule has 1 saturated heterocycles. The number of rotatable bonds is 4. The zero-order chi connectivity index (χ0) is 12.0. The molecule has 0 bridgehead atoms. The molecule has 1 fully saturated rings. The van der Waals surface area contributed by atoms with E-state index < -0.39 is 10.8 Å². The molecule has 0 amide bonds. The second kappa shape index (κ2) is 7.41. The molecule has 0 aromatic rings. The van der Waals surface area contributed by atoms with Gasteiger partial charge in [-0.05, 0) is 45.3 Å². The van der Waals surface area contributed by atoms with E-state index in [0.717, 1.165) is 31.2 Å². The van der Waals surface area contributed by atoms with Gasteiger partial charge in [-0.3, -0.25) is 4.21 Å². The Bertz CT molecular complexity index is 223. The van der Waals surface area contributed by atoms with Crippen LogP contribution >= 0.6 is 0 Å².